The summed E-state index contributed by atoms with van der Waals surface area (Å²) in [6, 6.07) is 8.54. The number of hydrogen-bond donors (Lipinski definition) is 2. The predicted molar refractivity (Wildman–Crippen MR) is 84.5 cm³/mol. The van der Waals surface area contributed by atoms with Gasteiger partial charge >= 0.3 is 0 Å². The van der Waals surface area contributed by atoms with Gasteiger partial charge in [0, 0.05) is 18.6 Å². The molecule has 0 radical (unpaired) electrons. The minimum Gasteiger partial charge on any atom is -0.351 e. The second kappa shape index (κ2) is 6.59. The minimum absolute atomic E-state index is 0.128. The van der Waals surface area contributed by atoms with Crippen LogP contribution in [0.1, 0.15) is 31.9 Å². The van der Waals surface area contributed by atoms with Crippen molar-refractivity contribution in [1.29, 1.82) is 5.26 Å². The van der Waals surface area contributed by atoms with E-state index in [1.54, 1.807) is 0 Å². The molecule has 0 aromatic heterocycles. The highest BCUT2D eigenvalue weighted by atomic mass is 15.3. The molecule has 21 heavy (non-hydrogen) atoms. The second-order valence-corrected chi connectivity index (χ2v) is 6.33. The Morgan fingerprint density at radius 2 is 2.05 bits per heavy atom. The van der Waals surface area contributed by atoms with E-state index < -0.39 is 0 Å². The van der Waals surface area contributed by atoms with Crippen molar-refractivity contribution in [3.8, 4) is 6.19 Å². The quantitative estimate of drug-likeness (QED) is 0.376. The van der Waals surface area contributed by atoms with Crippen molar-refractivity contribution in [2.75, 3.05) is 13.2 Å². The third-order valence-corrected chi connectivity index (χ3v) is 3.31. The van der Waals surface area contributed by atoms with Gasteiger partial charge in [-0.25, -0.2) is 4.99 Å². The molecule has 0 spiro atoms. The van der Waals surface area contributed by atoms with Gasteiger partial charge in [-0.05, 0) is 38.3 Å². The van der Waals surface area contributed by atoms with Crippen LogP contribution in [0.15, 0.2) is 29.3 Å². The maximum Gasteiger partial charge on any atom is 0.206 e. The average molecular weight is 285 g/mol. The molecule has 1 aliphatic rings. The van der Waals surface area contributed by atoms with Crippen LogP contribution in [0, 0.1) is 11.5 Å². The average Bonchev–Trinajstić information content (AvgIpc) is 2.43. The van der Waals surface area contributed by atoms with E-state index in [0.29, 0.717) is 12.6 Å². The highest BCUT2D eigenvalue weighted by Gasteiger charge is 2.16. The molecule has 1 aromatic carbocycles. The van der Waals surface area contributed by atoms with E-state index in [4.69, 9.17) is 5.26 Å². The lowest BCUT2D eigenvalue weighted by Crippen LogP contribution is -2.47. The van der Waals surface area contributed by atoms with Gasteiger partial charge in [0.15, 0.2) is 6.19 Å². The normalized spacial score (nSPS) is 16.0. The number of hydrogen-bond acceptors (Lipinski definition) is 3. The van der Waals surface area contributed by atoms with E-state index in [0.717, 1.165) is 19.5 Å². The van der Waals surface area contributed by atoms with Crippen molar-refractivity contribution in [1.82, 2.24) is 15.5 Å². The molecule has 1 aromatic rings. The Hall–Kier alpha value is -2.06. The summed E-state index contributed by atoms with van der Waals surface area (Å²) in [4.78, 5) is 6.78. The highest BCUT2D eigenvalue weighted by Crippen LogP contribution is 2.17. The summed E-state index contributed by atoms with van der Waals surface area (Å²) in [5, 5.41) is 14.6. The van der Waals surface area contributed by atoms with Gasteiger partial charge in [-0.15, -0.1) is 0 Å². The molecule has 1 heterocycles. The number of rotatable bonds is 2. The summed E-state index contributed by atoms with van der Waals surface area (Å²) in [6.07, 6.45) is 2.99. The van der Waals surface area contributed by atoms with Crippen LogP contribution in [0.2, 0.25) is 0 Å². The molecule has 0 atom stereocenters. The summed E-state index contributed by atoms with van der Waals surface area (Å²) in [5.41, 5.74) is 2.68. The number of fused-ring (bicyclic) bond motifs is 1. The Morgan fingerprint density at radius 1 is 1.33 bits per heavy atom. The molecule has 0 fully saturated rings. The minimum atomic E-state index is -0.128. The van der Waals surface area contributed by atoms with Crippen LogP contribution in [0.25, 0.3) is 0 Å². The fourth-order valence-corrected chi connectivity index (χ4v) is 2.36. The molecule has 5 heteroatoms. The van der Waals surface area contributed by atoms with Crippen molar-refractivity contribution in [2.24, 2.45) is 4.99 Å². The Bertz CT molecular complexity index is 551. The zero-order valence-corrected chi connectivity index (χ0v) is 13.0. The first-order chi connectivity index (χ1) is 9.98. The molecule has 5 nitrogen and oxygen atoms in total. The lowest BCUT2D eigenvalue weighted by Gasteiger charge is -2.28. The lowest BCUT2D eigenvalue weighted by atomic mass is 10.0. The van der Waals surface area contributed by atoms with Gasteiger partial charge in [-0.2, -0.15) is 5.26 Å². The zero-order chi connectivity index (χ0) is 15.3. The predicted octanol–water partition coefficient (Wildman–Crippen LogP) is 1.82. The zero-order valence-electron chi connectivity index (χ0n) is 13.0. The summed E-state index contributed by atoms with van der Waals surface area (Å²) >= 11 is 0. The third-order valence-electron chi connectivity index (χ3n) is 3.31. The lowest BCUT2D eigenvalue weighted by molar-refractivity contribution is 0.262. The standard InChI is InChI=1S/C16H23N5/c1-16(2,3)20-15(18-11-17)19-12-21-9-8-13-6-4-5-7-14(13)10-21/h4-7H,8-10,12H2,1-3H3,(H2,18,19,20). The van der Waals surface area contributed by atoms with Gasteiger partial charge in [-0.1, -0.05) is 24.3 Å². The summed E-state index contributed by atoms with van der Waals surface area (Å²) in [6.45, 7) is 8.61. The van der Waals surface area contributed by atoms with E-state index in [2.05, 4.69) is 44.8 Å². The van der Waals surface area contributed by atoms with Crippen LogP contribution in [0.3, 0.4) is 0 Å². The van der Waals surface area contributed by atoms with Gasteiger partial charge in [0.1, 0.15) is 0 Å². The maximum absolute atomic E-state index is 8.81. The van der Waals surface area contributed by atoms with Crippen LogP contribution in [0.4, 0.5) is 0 Å². The van der Waals surface area contributed by atoms with Crippen molar-refractivity contribution in [3.05, 3.63) is 35.4 Å². The van der Waals surface area contributed by atoms with Gasteiger partial charge in [0.2, 0.25) is 5.96 Å². The van der Waals surface area contributed by atoms with E-state index in [1.807, 2.05) is 27.0 Å². The van der Waals surface area contributed by atoms with Crippen LogP contribution in [-0.2, 0) is 13.0 Å². The van der Waals surface area contributed by atoms with Crippen molar-refractivity contribution < 1.29 is 0 Å². The monoisotopic (exact) mass is 285 g/mol. The number of benzene rings is 1. The molecule has 0 unspecified atom stereocenters. The van der Waals surface area contributed by atoms with Crippen LogP contribution in [0.5, 0.6) is 0 Å². The Balaban J connectivity index is 1.98. The number of aliphatic imine (C=N–C) groups is 1. The SMILES string of the molecule is CC(C)(C)NC(=NCN1CCc2ccccc2C1)NC#N. The van der Waals surface area contributed by atoms with E-state index in [9.17, 15) is 0 Å². The number of nitriles is 1. The largest absolute Gasteiger partial charge is 0.351 e. The molecule has 2 N–H and O–H groups in total. The van der Waals surface area contributed by atoms with Crippen molar-refractivity contribution in [3.63, 3.8) is 0 Å². The fraction of sp³-hybridized carbons (Fsp3) is 0.500. The first kappa shape index (κ1) is 15.3. The molecule has 0 bridgehead atoms. The number of nitrogens with one attached hydrogen (secondary N) is 2. The summed E-state index contributed by atoms with van der Waals surface area (Å²) in [5.74, 6) is 0.531. The molecule has 112 valence electrons. The summed E-state index contributed by atoms with van der Waals surface area (Å²) < 4.78 is 0. The summed E-state index contributed by atoms with van der Waals surface area (Å²) in [7, 11) is 0. The molecule has 2 rings (SSSR count). The fourth-order valence-electron chi connectivity index (χ4n) is 2.36. The molecular formula is C16H23N5. The van der Waals surface area contributed by atoms with Crippen LogP contribution < -0.4 is 10.6 Å². The highest BCUT2D eigenvalue weighted by molar-refractivity contribution is 5.81. The molecule has 0 aliphatic carbocycles. The van der Waals surface area contributed by atoms with Gasteiger partial charge < -0.3 is 5.32 Å². The molecule has 0 amide bonds. The van der Waals surface area contributed by atoms with E-state index >= 15 is 0 Å². The van der Waals surface area contributed by atoms with Crippen molar-refractivity contribution in [2.45, 2.75) is 39.3 Å². The van der Waals surface area contributed by atoms with E-state index in [1.165, 1.54) is 11.1 Å². The topological polar surface area (TPSA) is 63.5 Å². The Kier molecular flexibility index (Phi) is 4.81. The number of guanidine groups is 1. The molecule has 0 saturated heterocycles. The Labute approximate surface area is 126 Å². The molecule has 1 aliphatic heterocycles. The second-order valence-electron chi connectivity index (χ2n) is 6.33. The van der Waals surface area contributed by atoms with Crippen molar-refractivity contribution >= 4 is 5.96 Å². The maximum atomic E-state index is 8.81. The Morgan fingerprint density at radius 3 is 2.71 bits per heavy atom. The van der Waals surface area contributed by atoms with Crippen LogP contribution in [-0.4, -0.2) is 29.6 Å². The number of nitrogens with zero attached hydrogens (tertiary/aromatic N) is 3. The van der Waals surface area contributed by atoms with E-state index in [-0.39, 0.29) is 5.54 Å². The first-order valence-electron chi connectivity index (χ1n) is 7.25. The third kappa shape index (κ3) is 4.76. The van der Waals surface area contributed by atoms with Crippen LogP contribution >= 0.6 is 0 Å². The molecular weight excluding hydrogens is 262 g/mol. The van der Waals surface area contributed by atoms with Gasteiger partial charge in [-0.3, -0.25) is 10.2 Å². The first-order valence-corrected chi connectivity index (χ1v) is 7.25. The van der Waals surface area contributed by atoms with Gasteiger partial charge in [0.05, 0.1) is 6.67 Å². The molecule has 0 saturated carbocycles. The smallest absolute Gasteiger partial charge is 0.206 e. The van der Waals surface area contributed by atoms with Gasteiger partial charge in [0.25, 0.3) is 0 Å².